The molecule has 0 saturated carbocycles. The fraction of sp³-hybridized carbons (Fsp3) is 0.500. The molecule has 0 unspecified atom stereocenters. The number of carboxylic acids is 1. The lowest BCUT2D eigenvalue weighted by Crippen LogP contribution is -2.46. The van der Waals surface area contributed by atoms with Gasteiger partial charge >= 0.3 is 5.97 Å². The summed E-state index contributed by atoms with van der Waals surface area (Å²) >= 11 is 1.59. The predicted molar refractivity (Wildman–Crippen MR) is 81.6 cm³/mol. The van der Waals surface area contributed by atoms with Gasteiger partial charge in [0.05, 0.1) is 17.8 Å². The Morgan fingerprint density at radius 3 is 2.77 bits per heavy atom. The molecule has 22 heavy (non-hydrogen) atoms. The molecule has 1 saturated heterocycles. The molecule has 0 radical (unpaired) electrons. The van der Waals surface area contributed by atoms with E-state index in [0.29, 0.717) is 24.8 Å². The number of aliphatic carboxylic acids is 1. The Hall–Kier alpha value is -1.77. The van der Waals surface area contributed by atoms with E-state index in [2.05, 4.69) is 19.9 Å². The van der Waals surface area contributed by atoms with Crippen molar-refractivity contribution >= 4 is 17.3 Å². The second-order valence-electron chi connectivity index (χ2n) is 5.25. The van der Waals surface area contributed by atoms with Crippen LogP contribution in [-0.4, -0.2) is 63.7 Å². The molecule has 8 heteroatoms. The van der Waals surface area contributed by atoms with Crippen LogP contribution in [0.25, 0.3) is 10.7 Å². The number of thiophene rings is 1. The Kier molecular flexibility index (Phi) is 4.81. The molecule has 118 valence electrons. The number of hydrogen-bond donors (Lipinski definition) is 1. The summed E-state index contributed by atoms with van der Waals surface area (Å²) in [7, 11) is 0. The van der Waals surface area contributed by atoms with Crippen LogP contribution in [0.3, 0.4) is 0 Å². The molecule has 1 aliphatic rings. The molecular weight excluding hydrogens is 304 g/mol. The van der Waals surface area contributed by atoms with Gasteiger partial charge in [-0.2, -0.15) is 4.98 Å². The van der Waals surface area contributed by atoms with E-state index in [4.69, 9.17) is 9.63 Å². The minimum absolute atomic E-state index is 0.202. The number of rotatable bonds is 6. The van der Waals surface area contributed by atoms with Gasteiger partial charge in [0, 0.05) is 32.7 Å². The van der Waals surface area contributed by atoms with Gasteiger partial charge in [0.15, 0.2) is 0 Å². The molecule has 0 bridgehead atoms. The van der Waals surface area contributed by atoms with Gasteiger partial charge in [-0.25, -0.2) is 0 Å². The van der Waals surface area contributed by atoms with Gasteiger partial charge in [-0.1, -0.05) is 11.2 Å². The molecule has 1 aliphatic heterocycles. The molecule has 0 spiro atoms. The number of piperazine rings is 1. The lowest BCUT2D eigenvalue weighted by molar-refractivity contribution is -0.137. The average molecular weight is 322 g/mol. The van der Waals surface area contributed by atoms with Crippen molar-refractivity contribution in [3.63, 3.8) is 0 Å². The summed E-state index contributed by atoms with van der Waals surface area (Å²) in [5.41, 5.74) is 0. The van der Waals surface area contributed by atoms with Crippen LogP contribution in [0.4, 0.5) is 0 Å². The summed E-state index contributed by atoms with van der Waals surface area (Å²) in [6.45, 7) is 4.78. The van der Waals surface area contributed by atoms with E-state index in [1.165, 1.54) is 0 Å². The van der Waals surface area contributed by atoms with Crippen LogP contribution in [0.2, 0.25) is 0 Å². The zero-order valence-corrected chi connectivity index (χ0v) is 13.0. The van der Waals surface area contributed by atoms with Crippen molar-refractivity contribution in [2.24, 2.45) is 0 Å². The molecule has 1 N–H and O–H groups in total. The molecule has 0 atom stereocenters. The maximum atomic E-state index is 10.6. The minimum Gasteiger partial charge on any atom is -0.481 e. The smallest absolute Gasteiger partial charge is 0.304 e. The normalized spacial score (nSPS) is 16.9. The van der Waals surface area contributed by atoms with E-state index in [0.717, 1.165) is 31.1 Å². The van der Waals surface area contributed by atoms with Crippen LogP contribution in [-0.2, 0) is 11.3 Å². The summed E-state index contributed by atoms with van der Waals surface area (Å²) in [5, 5.41) is 14.7. The van der Waals surface area contributed by atoms with Crippen molar-refractivity contribution in [1.82, 2.24) is 19.9 Å². The van der Waals surface area contributed by atoms with Crippen molar-refractivity contribution in [2.75, 3.05) is 32.7 Å². The Morgan fingerprint density at radius 2 is 2.09 bits per heavy atom. The number of hydrogen-bond acceptors (Lipinski definition) is 7. The molecule has 1 fully saturated rings. The fourth-order valence-corrected chi connectivity index (χ4v) is 3.09. The second-order valence-corrected chi connectivity index (χ2v) is 6.20. The molecule has 3 heterocycles. The SMILES string of the molecule is O=C(O)CCN1CCN(Cc2nc(-c3cccs3)no2)CC1. The molecule has 0 aromatic carbocycles. The van der Waals surface area contributed by atoms with Gasteiger partial charge in [-0.05, 0) is 11.4 Å². The summed E-state index contributed by atoms with van der Waals surface area (Å²) in [4.78, 5) is 20.4. The summed E-state index contributed by atoms with van der Waals surface area (Å²) in [6.07, 6.45) is 0.202. The molecule has 3 rings (SSSR count). The van der Waals surface area contributed by atoms with Crippen molar-refractivity contribution in [2.45, 2.75) is 13.0 Å². The van der Waals surface area contributed by atoms with Crippen LogP contribution >= 0.6 is 11.3 Å². The van der Waals surface area contributed by atoms with Gasteiger partial charge in [-0.15, -0.1) is 11.3 Å². The third kappa shape index (κ3) is 3.90. The molecule has 0 amide bonds. The molecule has 0 aliphatic carbocycles. The van der Waals surface area contributed by atoms with Gasteiger partial charge in [0.2, 0.25) is 11.7 Å². The highest BCUT2D eigenvalue weighted by Crippen LogP contribution is 2.21. The van der Waals surface area contributed by atoms with Crippen LogP contribution in [0.1, 0.15) is 12.3 Å². The van der Waals surface area contributed by atoms with Gasteiger partial charge in [-0.3, -0.25) is 9.69 Å². The third-order valence-electron chi connectivity index (χ3n) is 3.68. The highest BCUT2D eigenvalue weighted by molar-refractivity contribution is 7.13. The first-order valence-corrected chi connectivity index (χ1v) is 8.11. The number of carbonyl (C=O) groups is 1. The first-order valence-electron chi connectivity index (χ1n) is 7.23. The van der Waals surface area contributed by atoms with Crippen molar-refractivity contribution in [1.29, 1.82) is 0 Å². The maximum absolute atomic E-state index is 10.6. The van der Waals surface area contributed by atoms with Crippen LogP contribution < -0.4 is 0 Å². The number of carboxylic acid groups (broad SMARTS) is 1. The molecular formula is C14H18N4O3S. The first-order chi connectivity index (χ1) is 10.7. The second kappa shape index (κ2) is 6.99. The predicted octanol–water partition coefficient (Wildman–Crippen LogP) is 1.39. The summed E-state index contributed by atoms with van der Waals surface area (Å²) in [6, 6.07) is 3.94. The van der Waals surface area contributed by atoms with E-state index in [9.17, 15) is 4.79 Å². The standard InChI is InChI=1S/C14H18N4O3S/c19-13(20)3-4-17-5-7-18(8-6-17)10-12-15-14(16-21-12)11-2-1-9-22-11/h1-2,9H,3-8,10H2,(H,19,20). The number of nitrogens with zero attached hydrogens (tertiary/aromatic N) is 4. The highest BCUT2D eigenvalue weighted by atomic mass is 32.1. The minimum atomic E-state index is -0.741. The van der Waals surface area contributed by atoms with Gasteiger partial charge < -0.3 is 14.5 Å². The Balaban J connectivity index is 1.48. The summed E-state index contributed by atoms with van der Waals surface area (Å²) in [5.74, 6) is 0.530. The molecule has 2 aromatic rings. The Bertz CT molecular complexity index is 605. The average Bonchev–Trinajstić information content (AvgIpc) is 3.17. The van der Waals surface area contributed by atoms with E-state index in [1.54, 1.807) is 11.3 Å². The van der Waals surface area contributed by atoms with Gasteiger partial charge in [0.1, 0.15) is 0 Å². The Morgan fingerprint density at radius 1 is 1.32 bits per heavy atom. The topological polar surface area (TPSA) is 82.7 Å². The van der Waals surface area contributed by atoms with E-state index in [-0.39, 0.29) is 6.42 Å². The fourth-order valence-electron chi connectivity index (χ4n) is 2.44. The van der Waals surface area contributed by atoms with Crippen LogP contribution in [0.15, 0.2) is 22.0 Å². The van der Waals surface area contributed by atoms with E-state index < -0.39 is 5.97 Å². The Labute approximate surface area is 132 Å². The lowest BCUT2D eigenvalue weighted by Gasteiger charge is -2.33. The monoisotopic (exact) mass is 322 g/mol. The molecule has 7 nitrogen and oxygen atoms in total. The van der Waals surface area contributed by atoms with Crippen LogP contribution in [0.5, 0.6) is 0 Å². The zero-order valence-electron chi connectivity index (χ0n) is 12.1. The maximum Gasteiger partial charge on any atom is 0.304 e. The number of aromatic nitrogens is 2. The van der Waals surface area contributed by atoms with E-state index in [1.807, 2.05) is 17.5 Å². The molecule has 2 aromatic heterocycles. The van der Waals surface area contributed by atoms with Crippen molar-refractivity contribution in [3.8, 4) is 10.7 Å². The first kappa shape index (κ1) is 15.1. The van der Waals surface area contributed by atoms with Crippen molar-refractivity contribution in [3.05, 3.63) is 23.4 Å². The largest absolute Gasteiger partial charge is 0.481 e. The zero-order chi connectivity index (χ0) is 15.4. The quantitative estimate of drug-likeness (QED) is 0.860. The lowest BCUT2D eigenvalue weighted by atomic mass is 10.3. The summed E-state index contributed by atoms with van der Waals surface area (Å²) < 4.78 is 5.31. The third-order valence-corrected chi connectivity index (χ3v) is 4.54. The van der Waals surface area contributed by atoms with Crippen molar-refractivity contribution < 1.29 is 14.4 Å². The van der Waals surface area contributed by atoms with Crippen LogP contribution in [0, 0.1) is 0 Å². The highest BCUT2D eigenvalue weighted by Gasteiger charge is 2.19. The van der Waals surface area contributed by atoms with E-state index >= 15 is 0 Å². The van der Waals surface area contributed by atoms with Gasteiger partial charge in [0.25, 0.3) is 0 Å².